The molecule has 1 aliphatic rings. The van der Waals surface area contributed by atoms with E-state index in [2.05, 4.69) is 16.9 Å². The fraction of sp³-hybridized carbons (Fsp3) is 0.476. The number of likely N-dealkylation sites (tertiary alicyclic amines) is 1. The highest BCUT2D eigenvalue weighted by Crippen LogP contribution is 2.20. The van der Waals surface area contributed by atoms with Crippen molar-refractivity contribution in [1.29, 1.82) is 0 Å². The molecule has 0 saturated carbocycles. The second-order valence-electron chi connectivity index (χ2n) is 6.74. The first-order valence-corrected chi connectivity index (χ1v) is 9.71. The molecule has 0 aliphatic carbocycles. The van der Waals surface area contributed by atoms with E-state index in [1.807, 2.05) is 29.2 Å². The van der Waals surface area contributed by atoms with Crippen molar-refractivity contribution in [3.63, 3.8) is 0 Å². The number of amides is 1. The topological polar surface area (TPSA) is 64.5 Å². The molecule has 6 heteroatoms. The van der Waals surface area contributed by atoms with Gasteiger partial charge in [-0.05, 0) is 30.7 Å². The van der Waals surface area contributed by atoms with Crippen molar-refractivity contribution in [2.75, 3.05) is 19.7 Å². The van der Waals surface area contributed by atoms with Gasteiger partial charge in [0.05, 0.1) is 6.61 Å². The van der Waals surface area contributed by atoms with E-state index in [0.717, 1.165) is 31.6 Å². The van der Waals surface area contributed by atoms with Crippen molar-refractivity contribution in [3.8, 4) is 11.6 Å². The lowest BCUT2D eigenvalue weighted by Crippen LogP contribution is -2.41. The van der Waals surface area contributed by atoms with Gasteiger partial charge in [-0.25, -0.2) is 9.97 Å². The molecule has 2 aromatic rings. The number of benzene rings is 1. The molecule has 27 heavy (non-hydrogen) atoms. The second kappa shape index (κ2) is 9.90. The smallest absolute Gasteiger partial charge is 0.253 e. The Kier molecular flexibility index (Phi) is 7.02. The van der Waals surface area contributed by atoms with Gasteiger partial charge in [-0.3, -0.25) is 4.79 Å². The maximum absolute atomic E-state index is 12.7. The summed E-state index contributed by atoms with van der Waals surface area (Å²) in [5.74, 6) is 1.47. The summed E-state index contributed by atoms with van der Waals surface area (Å²) in [6.45, 7) is 4.26. The molecule has 2 heterocycles. The molecule has 1 saturated heterocycles. The number of aromatic nitrogens is 2. The summed E-state index contributed by atoms with van der Waals surface area (Å²) in [5, 5.41) is 0. The molecule has 1 amide bonds. The molecule has 0 unspecified atom stereocenters. The number of piperidine rings is 1. The van der Waals surface area contributed by atoms with Gasteiger partial charge >= 0.3 is 0 Å². The van der Waals surface area contributed by atoms with Gasteiger partial charge in [-0.1, -0.05) is 19.8 Å². The highest BCUT2D eigenvalue weighted by molar-refractivity contribution is 5.94. The van der Waals surface area contributed by atoms with Gasteiger partial charge in [0.2, 0.25) is 5.88 Å². The fourth-order valence-corrected chi connectivity index (χ4v) is 3.11. The normalized spacial score (nSPS) is 14.8. The van der Waals surface area contributed by atoms with Crippen molar-refractivity contribution in [1.82, 2.24) is 14.9 Å². The first-order valence-electron chi connectivity index (χ1n) is 9.71. The van der Waals surface area contributed by atoms with E-state index in [-0.39, 0.29) is 12.0 Å². The minimum Gasteiger partial charge on any atom is -0.494 e. The molecule has 1 aliphatic heterocycles. The third-order valence-electron chi connectivity index (χ3n) is 4.69. The van der Waals surface area contributed by atoms with Crippen LogP contribution in [-0.2, 0) is 0 Å². The Balaban J connectivity index is 1.46. The average molecular weight is 369 g/mol. The lowest BCUT2D eigenvalue weighted by atomic mass is 10.1. The minimum atomic E-state index is 0.0630. The van der Waals surface area contributed by atoms with Gasteiger partial charge in [-0.15, -0.1) is 0 Å². The lowest BCUT2D eigenvalue weighted by Gasteiger charge is -2.32. The summed E-state index contributed by atoms with van der Waals surface area (Å²) in [6, 6.07) is 9.21. The Labute approximate surface area is 160 Å². The largest absolute Gasteiger partial charge is 0.494 e. The Morgan fingerprint density at radius 1 is 1.15 bits per heavy atom. The monoisotopic (exact) mass is 369 g/mol. The molecule has 1 aromatic heterocycles. The first kappa shape index (κ1) is 19.1. The number of carbonyl (C=O) groups excluding carboxylic acids is 1. The number of hydrogen-bond acceptors (Lipinski definition) is 5. The molecule has 0 bridgehead atoms. The van der Waals surface area contributed by atoms with Crippen LogP contribution in [0.15, 0.2) is 42.9 Å². The van der Waals surface area contributed by atoms with Crippen LogP contribution in [0.5, 0.6) is 11.6 Å². The van der Waals surface area contributed by atoms with Crippen molar-refractivity contribution < 1.29 is 14.3 Å². The zero-order chi connectivity index (χ0) is 18.9. The number of carbonyl (C=O) groups is 1. The number of hydrogen-bond donors (Lipinski definition) is 0. The van der Waals surface area contributed by atoms with Gasteiger partial charge in [0.15, 0.2) is 0 Å². The van der Waals surface area contributed by atoms with Crippen LogP contribution < -0.4 is 9.47 Å². The van der Waals surface area contributed by atoms with Crippen LogP contribution in [0.25, 0.3) is 0 Å². The van der Waals surface area contributed by atoms with Crippen molar-refractivity contribution in [2.24, 2.45) is 0 Å². The van der Waals surface area contributed by atoms with Gasteiger partial charge in [0, 0.05) is 43.8 Å². The van der Waals surface area contributed by atoms with Crippen LogP contribution in [-0.4, -0.2) is 46.6 Å². The van der Waals surface area contributed by atoms with E-state index in [0.29, 0.717) is 24.5 Å². The first-order chi connectivity index (χ1) is 13.3. The molecular weight excluding hydrogens is 342 g/mol. The minimum absolute atomic E-state index is 0.0630. The van der Waals surface area contributed by atoms with Gasteiger partial charge < -0.3 is 14.4 Å². The van der Waals surface area contributed by atoms with E-state index >= 15 is 0 Å². The molecule has 144 valence electrons. The summed E-state index contributed by atoms with van der Waals surface area (Å²) in [6.07, 6.45) is 8.24. The van der Waals surface area contributed by atoms with E-state index < -0.39 is 0 Å². The summed E-state index contributed by atoms with van der Waals surface area (Å²) in [4.78, 5) is 22.6. The van der Waals surface area contributed by atoms with Crippen molar-refractivity contribution >= 4 is 5.91 Å². The SMILES string of the molecule is CCCCCOc1ccc(C(=O)N2CCC(Oc3ccncn3)CC2)cc1. The highest BCUT2D eigenvalue weighted by atomic mass is 16.5. The van der Waals surface area contributed by atoms with Crippen LogP contribution in [0.2, 0.25) is 0 Å². The Morgan fingerprint density at radius 3 is 2.59 bits per heavy atom. The van der Waals surface area contributed by atoms with E-state index in [4.69, 9.17) is 9.47 Å². The van der Waals surface area contributed by atoms with Gasteiger partial charge in [0.1, 0.15) is 18.2 Å². The zero-order valence-electron chi connectivity index (χ0n) is 15.8. The average Bonchev–Trinajstić information content (AvgIpc) is 2.72. The Morgan fingerprint density at radius 2 is 1.93 bits per heavy atom. The lowest BCUT2D eigenvalue weighted by molar-refractivity contribution is 0.0587. The number of rotatable bonds is 8. The van der Waals surface area contributed by atoms with Crippen molar-refractivity contribution in [2.45, 2.75) is 45.1 Å². The summed E-state index contributed by atoms with van der Waals surface area (Å²) < 4.78 is 11.6. The molecule has 1 fully saturated rings. The number of ether oxygens (including phenoxy) is 2. The maximum atomic E-state index is 12.7. The van der Waals surface area contributed by atoms with E-state index in [9.17, 15) is 4.79 Å². The molecule has 3 rings (SSSR count). The van der Waals surface area contributed by atoms with E-state index in [1.165, 1.54) is 19.2 Å². The third kappa shape index (κ3) is 5.67. The standard InChI is InChI=1S/C21H27N3O3/c1-2-3-4-15-26-18-7-5-17(6-8-18)21(25)24-13-10-19(11-14-24)27-20-9-12-22-16-23-20/h5-9,12,16,19H,2-4,10-11,13-15H2,1H3. The maximum Gasteiger partial charge on any atom is 0.253 e. The molecule has 0 atom stereocenters. The fourth-order valence-electron chi connectivity index (χ4n) is 3.11. The Bertz CT molecular complexity index is 698. The highest BCUT2D eigenvalue weighted by Gasteiger charge is 2.25. The molecule has 0 spiro atoms. The van der Waals surface area contributed by atoms with Crippen LogP contribution in [0.3, 0.4) is 0 Å². The quantitative estimate of drug-likeness (QED) is 0.664. The third-order valence-corrected chi connectivity index (χ3v) is 4.69. The van der Waals surface area contributed by atoms with Crippen LogP contribution in [0, 0.1) is 0 Å². The predicted molar refractivity (Wildman–Crippen MR) is 103 cm³/mol. The molecule has 6 nitrogen and oxygen atoms in total. The van der Waals surface area contributed by atoms with Gasteiger partial charge in [0.25, 0.3) is 5.91 Å². The van der Waals surface area contributed by atoms with Crippen LogP contribution in [0.4, 0.5) is 0 Å². The summed E-state index contributed by atoms with van der Waals surface area (Å²) in [5.41, 5.74) is 0.700. The molecular formula is C21H27N3O3. The molecule has 1 aromatic carbocycles. The van der Waals surface area contributed by atoms with E-state index in [1.54, 1.807) is 12.3 Å². The number of unbranched alkanes of at least 4 members (excludes halogenated alkanes) is 2. The van der Waals surface area contributed by atoms with Crippen molar-refractivity contribution in [3.05, 3.63) is 48.4 Å². The van der Waals surface area contributed by atoms with Crippen LogP contribution in [0.1, 0.15) is 49.4 Å². The Hall–Kier alpha value is -2.63. The molecule has 0 radical (unpaired) electrons. The molecule has 0 N–H and O–H groups in total. The summed E-state index contributed by atoms with van der Waals surface area (Å²) in [7, 11) is 0. The van der Waals surface area contributed by atoms with Crippen LogP contribution >= 0.6 is 0 Å². The zero-order valence-corrected chi connectivity index (χ0v) is 15.8. The summed E-state index contributed by atoms with van der Waals surface area (Å²) >= 11 is 0. The predicted octanol–water partition coefficient (Wildman–Crippen LogP) is 3.73. The second-order valence-corrected chi connectivity index (χ2v) is 6.74. The number of nitrogens with zero attached hydrogens (tertiary/aromatic N) is 3. The van der Waals surface area contributed by atoms with Gasteiger partial charge in [-0.2, -0.15) is 0 Å².